The van der Waals surface area contributed by atoms with Gasteiger partial charge in [0.15, 0.2) is 11.5 Å². The molecule has 1 aliphatic rings. The summed E-state index contributed by atoms with van der Waals surface area (Å²) in [5.74, 6) is -0.643. The largest absolute Gasteiger partial charge is 0.503 e. The Bertz CT molecular complexity index is 1400. The average Bonchev–Trinajstić information content (AvgIpc) is 3.22. The van der Waals surface area contributed by atoms with Crippen LogP contribution in [0.3, 0.4) is 0 Å². The summed E-state index contributed by atoms with van der Waals surface area (Å²) < 4.78 is 5.92. The number of benzene rings is 4. The molecule has 0 aromatic heterocycles. The van der Waals surface area contributed by atoms with Crippen LogP contribution in [0.1, 0.15) is 29.2 Å². The van der Waals surface area contributed by atoms with Gasteiger partial charge < -0.3 is 9.84 Å². The number of nitrogens with zero attached hydrogens (tertiary/aromatic N) is 1. The number of anilines is 1. The summed E-state index contributed by atoms with van der Waals surface area (Å²) in [6, 6.07) is 35.3. The number of aliphatic hydroxyl groups is 1. The van der Waals surface area contributed by atoms with Crippen LogP contribution in [0, 0.1) is 0 Å². The lowest BCUT2D eigenvalue weighted by molar-refractivity contribution is -0.118. The van der Waals surface area contributed by atoms with E-state index in [1.807, 2.05) is 103 Å². The van der Waals surface area contributed by atoms with Gasteiger partial charge in [0.25, 0.3) is 5.91 Å². The molecule has 0 aliphatic carbocycles. The quantitative estimate of drug-likeness (QED) is 0.297. The van der Waals surface area contributed by atoms with E-state index in [0.717, 1.165) is 16.7 Å². The van der Waals surface area contributed by atoms with Crippen LogP contribution >= 0.6 is 0 Å². The molecule has 37 heavy (non-hydrogen) atoms. The first-order valence-corrected chi connectivity index (χ1v) is 12.3. The molecule has 5 nitrogen and oxygen atoms in total. The molecular weight excluding hydrogens is 462 g/mol. The molecule has 1 amide bonds. The van der Waals surface area contributed by atoms with Gasteiger partial charge >= 0.3 is 0 Å². The molecule has 0 saturated heterocycles. The molecule has 1 N–H and O–H groups in total. The zero-order chi connectivity index (χ0) is 25.6. The summed E-state index contributed by atoms with van der Waals surface area (Å²) in [5.41, 5.74) is 3.54. The van der Waals surface area contributed by atoms with Gasteiger partial charge in [-0.25, -0.2) is 0 Å². The van der Waals surface area contributed by atoms with Crippen LogP contribution in [0.25, 0.3) is 0 Å². The van der Waals surface area contributed by atoms with E-state index >= 15 is 0 Å². The number of carbonyl (C=O) groups excluding carboxylic acids is 2. The third kappa shape index (κ3) is 5.31. The van der Waals surface area contributed by atoms with Crippen LogP contribution in [0.4, 0.5) is 5.69 Å². The lowest BCUT2D eigenvalue weighted by atomic mass is 9.93. The third-order valence-corrected chi connectivity index (χ3v) is 6.47. The second kappa shape index (κ2) is 11.0. The molecule has 1 atom stereocenters. The first kappa shape index (κ1) is 24.1. The number of rotatable bonds is 9. The maximum Gasteiger partial charge on any atom is 0.294 e. The second-order valence-electron chi connectivity index (χ2n) is 8.93. The van der Waals surface area contributed by atoms with Crippen molar-refractivity contribution in [3.05, 3.63) is 143 Å². The maximum absolute atomic E-state index is 13.4. The summed E-state index contributed by atoms with van der Waals surface area (Å²) in [6.07, 6.45) is 0.711. The van der Waals surface area contributed by atoms with Gasteiger partial charge in [0.1, 0.15) is 12.4 Å². The van der Waals surface area contributed by atoms with Gasteiger partial charge in [-0.3, -0.25) is 14.5 Å². The van der Waals surface area contributed by atoms with Crippen molar-refractivity contribution in [3.8, 4) is 5.75 Å². The average molecular weight is 490 g/mol. The molecule has 0 saturated carbocycles. The second-order valence-corrected chi connectivity index (χ2v) is 8.93. The molecule has 1 aliphatic heterocycles. The molecule has 184 valence electrons. The highest BCUT2D eigenvalue weighted by atomic mass is 16.5. The number of carbonyl (C=O) groups is 2. The number of Topliss-reactive ketones (excluding diaryl/α,β-unsaturated/α-hetero) is 1. The van der Waals surface area contributed by atoms with Crippen molar-refractivity contribution >= 4 is 17.4 Å². The number of aliphatic hydroxyl groups excluding tert-OH is 1. The van der Waals surface area contributed by atoms with Gasteiger partial charge in [-0.15, -0.1) is 0 Å². The number of hydrogen-bond donors (Lipinski definition) is 1. The van der Waals surface area contributed by atoms with Crippen molar-refractivity contribution in [1.29, 1.82) is 0 Å². The van der Waals surface area contributed by atoms with Gasteiger partial charge in [-0.2, -0.15) is 0 Å². The summed E-state index contributed by atoms with van der Waals surface area (Å²) in [4.78, 5) is 28.2. The highest BCUT2D eigenvalue weighted by Crippen LogP contribution is 2.41. The van der Waals surface area contributed by atoms with Crippen molar-refractivity contribution in [3.63, 3.8) is 0 Å². The number of ether oxygens (including phenoxy) is 1. The number of amides is 1. The smallest absolute Gasteiger partial charge is 0.294 e. The summed E-state index contributed by atoms with van der Waals surface area (Å²) in [6.45, 7) is 0.433. The van der Waals surface area contributed by atoms with Crippen LogP contribution < -0.4 is 9.64 Å². The standard InChI is InChI=1S/C32H27NO4/c34-28(21-16-23-10-4-1-5-11-23)29-30(33(32(36)31(29)35)26-14-8-3-9-15-26)25-17-19-27(20-18-25)37-22-24-12-6-2-7-13-24/h1-15,17-20,30,35H,16,21-22H2. The van der Waals surface area contributed by atoms with Crippen molar-refractivity contribution < 1.29 is 19.4 Å². The van der Waals surface area contributed by atoms with Gasteiger partial charge in [0.2, 0.25) is 0 Å². The lowest BCUT2D eigenvalue weighted by Gasteiger charge is -2.27. The summed E-state index contributed by atoms with van der Waals surface area (Å²) in [5, 5.41) is 10.9. The Morgan fingerprint density at radius 2 is 1.32 bits per heavy atom. The minimum absolute atomic E-state index is 0.128. The Morgan fingerprint density at radius 1 is 0.757 bits per heavy atom. The SMILES string of the molecule is O=C(CCc1ccccc1)C1=C(O)C(=O)N(c2ccccc2)C1c1ccc(OCc2ccccc2)cc1. The van der Waals surface area contributed by atoms with E-state index < -0.39 is 17.7 Å². The van der Waals surface area contributed by atoms with E-state index in [4.69, 9.17) is 4.74 Å². The number of para-hydroxylation sites is 1. The van der Waals surface area contributed by atoms with Crippen molar-refractivity contribution in [2.75, 3.05) is 4.90 Å². The van der Waals surface area contributed by atoms with Crippen LogP contribution in [0.2, 0.25) is 0 Å². The van der Waals surface area contributed by atoms with E-state index in [1.54, 1.807) is 12.1 Å². The van der Waals surface area contributed by atoms with Gasteiger partial charge in [-0.05, 0) is 47.4 Å². The van der Waals surface area contributed by atoms with E-state index in [0.29, 0.717) is 24.5 Å². The predicted octanol–water partition coefficient (Wildman–Crippen LogP) is 6.37. The predicted molar refractivity (Wildman–Crippen MR) is 143 cm³/mol. The number of hydrogen-bond acceptors (Lipinski definition) is 4. The van der Waals surface area contributed by atoms with E-state index in [1.165, 1.54) is 4.90 Å². The monoisotopic (exact) mass is 489 g/mol. The minimum Gasteiger partial charge on any atom is -0.503 e. The summed E-state index contributed by atoms with van der Waals surface area (Å²) in [7, 11) is 0. The number of ketones is 1. The fraction of sp³-hybridized carbons (Fsp3) is 0.125. The zero-order valence-electron chi connectivity index (χ0n) is 20.3. The fourth-order valence-electron chi connectivity index (χ4n) is 4.58. The molecule has 5 heteroatoms. The minimum atomic E-state index is -0.735. The van der Waals surface area contributed by atoms with Gasteiger partial charge in [-0.1, -0.05) is 91.0 Å². The van der Waals surface area contributed by atoms with Crippen LogP contribution in [-0.4, -0.2) is 16.8 Å². The van der Waals surface area contributed by atoms with Crippen LogP contribution in [0.5, 0.6) is 5.75 Å². The Balaban J connectivity index is 1.43. The molecule has 0 spiro atoms. The molecule has 5 rings (SSSR count). The normalized spacial score (nSPS) is 15.2. The molecule has 0 radical (unpaired) electrons. The molecule has 1 heterocycles. The highest BCUT2D eigenvalue weighted by Gasteiger charge is 2.44. The third-order valence-electron chi connectivity index (χ3n) is 6.47. The molecule has 0 bridgehead atoms. The van der Waals surface area contributed by atoms with Gasteiger partial charge in [0, 0.05) is 12.1 Å². The first-order valence-electron chi connectivity index (χ1n) is 12.3. The lowest BCUT2D eigenvalue weighted by Crippen LogP contribution is -2.31. The number of aryl methyl sites for hydroxylation is 1. The van der Waals surface area contributed by atoms with Crippen LogP contribution in [0.15, 0.2) is 127 Å². The van der Waals surface area contributed by atoms with Gasteiger partial charge in [0.05, 0.1) is 11.6 Å². The Kier molecular flexibility index (Phi) is 7.13. The van der Waals surface area contributed by atoms with Crippen LogP contribution in [-0.2, 0) is 22.6 Å². The molecular formula is C32H27NO4. The first-order chi connectivity index (χ1) is 18.1. The Hall–Kier alpha value is -4.64. The molecule has 4 aromatic carbocycles. The summed E-state index contributed by atoms with van der Waals surface area (Å²) >= 11 is 0. The van der Waals surface area contributed by atoms with E-state index in [-0.39, 0.29) is 17.8 Å². The van der Waals surface area contributed by atoms with Crippen molar-refractivity contribution in [1.82, 2.24) is 0 Å². The van der Waals surface area contributed by atoms with Crippen molar-refractivity contribution in [2.45, 2.75) is 25.5 Å². The van der Waals surface area contributed by atoms with E-state index in [2.05, 4.69) is 0 Å². The maximum atomic E-state index is 13.4. The Labute approximate surface area is 216 Å². The topological polar surface area (TPSA) is 66.8 Å². The Morgan fingerprint density at radius 3 is 1.95 bits per heavy atom. The zero-order valence-corrected chi connectivity index (χ0v) is 20.3. The van der Waals surface area contributed by atoms with E-state index in [9.17, 15) is 14.7 Å². The molecule has 4 aromatic rings. The van der Waals surface area contributed by atoms with Crippen molar-refractivity contribution in [2.24, 2.45) is 0 Å². The fourth-order valence-corrected chi connectivity index (χ4v) is 4.58. The highest BCUT2D eigenvalue weighted by molar-refractivity contribution is 6.16. The molecule has 1 unspecified atom stereocenters. The molecule has 0 fully saturated rings.